The van der Waals surface area contributed by atoms with Crippen molar-refractivity contribution < 1.29 is 23.1 Å². The third-order valence-corrected chi connectivity index (χ3v) is 13.5. The van der Waals surface area contributed by atoms with Crippen LogP contribution in [0.5, 0.6) is 5.75 Å². The van der Waals surface area contributed by atoms with Crippen LogP contribution in [0.2, 0.25) is 5.02 Å². The molecule has 0 radical (unpaired) electrons. The van der Waals surface area contributed by atoms with E-state index in [0.717, 1.165) is 69.3 Å². The number of fused-ring (bicyclic) bond motifs is 4. The van der Waals surface area contributed by atoms with E-state index in [0.29, 0.717) is 70.4 Å². The highest BCUT2D eigenvalue weighted by Gasteiger charge is 2.51. The fourth-order valence-corrected chi connectivity index (χ4v) is 9.76. The number of imide groups is 1. The summed E-state index contributed by atoms with van der Waals surface area (Å²) in [7, 11) is 3.50. The summed E-state index contributed by atoms with van der Waals surface area (Å²) >= 11 is 6.63. The van der Waals surface area contributed by atoms with Crippen LogP contribution >= 0.6 is 11.6 Å². The van der Waals surface area contributed by atoms with Gasteiger partial charge in [0, 0.05) is 63.2 Å². The van der Waals surface area contributed by atoms with Crippen LogP contribution in [0.3, 0.4) is 0 Å². The minimum Gasteiger partial charge on any atom is -0.480 e. The maximum absolute atomic E-state index is 15.2. The van der Waals surface area contributed by atoms with E-state index in [4.69, 9.17) is 21.3 Å². The Morgan fingerprint density at radius 1 is 0.934 bits per heavy atom. The summed E-state index contributed by atoms with van der Waals surface area (Å²) in [4.78, 5) is 53.2. The molecule has 3 N–H and O–H groups in total. The number of rotatable bonds is 8. The monoisotopic (exact) mass is 855 g/mol. The first-order valence-corrected chi connectivity index (χ1v) is 21.6. The third kappa shape index (κ3) is 7.49. The number of nitrogens with zero attached hydrogens (tertiary/aromatic N) is 8. The lowest BCUT2D eigenvalue weighted by Gasteiger charge is -2.38. The first-order valence-electron chi connectivity index (χ1n) is 21.2. The minimum absolute atomic E-state index is 0.104. The van der Waals surface area contributed by atoms with Crippen LogP contribution < -0.4 is 36.0 Å². The fourth-order valence-electron chi connectivity index (χ4n) is 9.63. The van der Waals surface area contributed by atoms with Gasteiger partial charge < -0.3 is 29.7 Å². The number of carbonyl (C=O) groups is 2. The normalized spacial score (nSPS) is 21.6. The second-order valence-electron chi connectivity index (χ2n) is 17.3. The second-order valence-corrected chi connectivity index (χ2v) is 17.7. The maximum Gasteiger partial charge on any atom is 0.329 e. The summed E-state index contributed by atoms with van der Waals surface area (Å²) in [6, 6.07) is 10.3. The van der Waals surface area contributed by atoms with Gasteiger partial charge in [-0.25, -0.2) is 18.6 Å². The van der Waals surface area contributed by atoms with Crippen LogP contribution in [0, 0.1) is 11.8 Å². The molecule has 61 heavy (non-hydrogen) atoms. The molecule has 0 unspecified atom stereocenters. The summed E-state index contributed by atoms with van der Waals surface area (Å²) in [5.41, 5.74) is 3.27. The number of aryl methyl sites for hydroxylation is 2. The van der Waals surface area contributed by atoms with Gasteiger partial charge in [0.2, 0.25) is 17.6 Å². The molecule has 320 valence electrons. The Kier molecular flexibility index (Phi) is 10.0. The van der Waals surface area contributed by atoms with Gasteiger partial charge in [0.15, 0.2) is 18.2 Å². The molecule has 5 aliphatic rings. The highest BCUT2D eigenvalue weighted by Crippen LogP contribution is 2.46. The summed E-state index contributed by atoms with van der Waals surface area (Å²) in [5.74, 6) is -1.09. The number of anilines is 5. The van der Waals surface area contributed by atoms with Gasteiger partial charge in [-0.15, -0.1) is 0 Å². The largest absolute Gasteiger partial charge is 0.480 e. The van der Waals surface area contributed by atoms with Gasteiger partial charge in [-0.05, 0) is 105 Å². The number of likely N-dealkylation sites (tertiary alicyclic amines) is 1. The molecule has 15 nitrogen and oxygen atoms in total. The zero-order chi connectivity index (χ0) is 42.2. The Bertz CT molecular complexity index is 2620. The Labute approximate surface area is 355 Å². The van der Waals surface area contributed by atoms with Crippen LogP contribution in [0.25, 0.3) is 21.8 Å². The van der Waals surface area contributed by atoms with Gasteiger partial charge in [0.1, 0.15) is 5.02 Å². The maximum atomic E-state index is 15.2. The molecule has 2 aromatic carbocycles. The van der Waals surface area contributed by atoms with E-state index in [1.54, 1.807) is 24.2 Å². The molecule has 3 amide bonds. The van der Waals surface area contributed by atoms with Crippen molar-refractivity contribution in [2.75, 3.05) is 66.3 Å². The van der Waals surface area contributed by atoms with Gasteiger partial charge in [0.25, 0.3) is 5.56 Å². The quantitative estimate of drug-likeness (QED) is 0.160. The van der Waals surface area contributed by atoms with Gasteiger partial charge in [-0.2, -0.15) is 10.1 Å². The number of amides is 3. The molecule has 1 saturated carbocycles. The molecule has 3 saturated heterocycles. The highest BCUT2D eigenvalue weighted by molar-refractivity contribution is 6.33. The van der Waals surface area contributed by atoms with E-state index in [9.17, 15) is 14.4 Å². The van der Waals surface area contributed by atoms with E-state index in [2.05, 4.69) is 54.0 Å². The number of piperidine rings is 2. The molecule has 4 fully saturated rings. The molecule has 18 heteroatoms. The average molecular weight is 856 g/mol. The fraction of sp³-hybridized carbons (Fsp3) is 0.488. The van der Waals surface area contributed by atoms with Crippen molar-refractivity contribution in [3.05, 3.63) is 63.5 Å². The Hall–Kier alpha value is -5.55. The molecule has 10 rings (SSSR count). The molecule has 0 bridgehead atoms. The molecular formula is C43H48ClF2N11O4. The van der Waals surface area contributed by atoms with Crippen molar-refractivity contribution in [2.24, 2.45) is 25.9 Å². The zero-order valence-corrected chi connectivity index (χ0v) is 34.9. The Balaban J connectivity index is 0.763. The van der Waals surface area contributed by atoms with E-state index in [-0.39, 0.29) is 29.7 Å². The molecule has 1 aliphatic carbocycles. The summed E-state index contributed by atoms with van der Waals surface area (Å²) in [6.45, 7) is 4.21. The molecule has 1 atom stereocenters. The summed E-state index contributed by atoms with van der Waals surface area (Å²) in [5, 5.41) is 15.2. The van der Waals surface area contributed by atoms with Gasteiger partial charge in [0.05, 0.1) is 29.0 Å². The number of hydrogen-bond donors (Lipinski definition) is 3. The first kappa shape index (κ1) is 39.6. The van der Waals surface area contributed by atoms with E-state index in [1.807, 2.05) is 23.9 Å². The third-order valence-electron chi connectivity index (χ3n) is 13.2. The number of ether oxygens (including phenoxy) is 1. The number of hydrogen-bond acceptors (Lipinski definition) is 11. The lowest BCUT2D eigenvalue weighted by molar-refractivity contribution is -0.120. The highest BCUT2D eigenvalue weighted by atomic mass is 35.5. The number of nitrogens with one attached hydrogen (secondary N) is 3. The topological polar surface area (TPSA) is 155 Å². The van der Waals surface area contributed by atoms with Crippen LogP contribution in [-0.4, -0.2) is 99.0 Å². The number of carbonyl (C=O) groups excluding carboxylic acids is 2. The Morgan fingerprint density at radius 2 is 1.72 bits per heavy atom. The van der Waals surface area contributed by atoms with Crippen molar-refractivity contribution in [3.63, 3.8) is 0 Å². The predicted octanol–water partition coefficient (Wildman–Crippen LogP) is 6.37. The summed E-state index contributed by atoms with van der Waals surface area (Å²) < 4.78 is 39.1. The molecule has 7 heterocycles. The average Bonchev–Trinajstić information content (AvgIpc) is 4.06. The number of pyridine rings is 1. The van der Waals surface area contributed by atoms with Crippen molar-refractivity contribution in [2.45, 2.75) is 62.8 Å². The molecular weight excluding hydrogens is 808 g/mol. The minimum atomic E-state index is -3.13. The van der Waals surface area contributed by atoms with Gasteiger partial charge in [-0.3, -0.25) is 24.5 Å². The Morgan fingerprint density at radius 3 is 2.48 bits per heavy atom. The van der Waals surface area contributed by atoms with Crippen LogP contribution in [0.1, 0.15) is 56.4 Å². The lowest BCUT2D eigenvalue weighted by Crippen LogP contribution is -2.49. The number of urea groups is 1. The number of alkyl halides is 2. The molecule has 0 spiro atoms. The van der Waals surface area contributed by atoms with Gasteiger partial charge >= 0.3 is 12.0 Å². The smallest absolute Gasteiger partial charge is 0.329 e. The molecule has 4 aliphatic heterocycles. The van der Waals surface area contributed by atoms with Crippen LogP contribution in [-0.2, 0) is 18.9 Å². The standard InChI is InChI=1S/C43H48ClF2N11O4/c1-53-32-8-6-28(20-30(32)35-36(40(53)59)61-23-43(45,46)37(50-35)26-3-4-26)48-38-31(44)21-47-41(51-38)56-16-9-24(10-17-56)22-55-14-11-25(12-15-55)27-5-7-29-33(19-27)54(2)52-39(29)57-18-13-34(58)49-42(57)60/h5-8,19-21,24-26,37,50H,3-4,9-18,22-23H2,1-2H3,(H,47,48,51)(H,49,58,60)/t37-/m0/s1. The number of benzene rings is 2. The molecule has 5 aromatic rings. The first-order chi connectivity index (χ1) is 29.4. The van der Waals surface area contributed by atoms with Crippen molar-refractivity contribution in [3.8, 4) is 5.75 Å². The SMILES string of the molecule is Cn1nc(N2CCC(=O)NC2=O)c2ccc(C3CCN(CC4CCN(c5ncc(Cl)c(Nc6ccc7c(c6)c6c(c(=O)n7C)OCC(F)(F)[C@H](C7CC7)N6)n5)CC4)CC3)cc21. The van der Waals surface area contributed by atoms with Crippen molar-refractivity contribution >= 4 is 74.3 Å². The van der Waals surface area contributed by atoms with E-state index < -0.39 is 30.2 Å². The zero-order valence-electron chi connectivity index (χ0n) is 34.1. The van der Waals surface area contributed by atoms with Crippen LogP contribution in [0.15, 0.2) is 47.4 Å². The summed E-state index contributed by atoms with van der Waals surface area (Å²) in [6.07, 6.45) is 7.43. The van der Waals surface area contributed by atoms with Crippen LogP contribution in [0.4, 0.5) is 42.5 Å². The van der Waals surface area contributed by atoms with Crippen molar-refractivity contribution in [1.29, 1.82) is 0 Å². The number of halogens is 3. The van der Waals surface area contributed by atoms with E-state index >= 15 is 8.78 Å². The van der Waals surface area contributed by atoms with Crippen molar-refractivity contribution in [1.82, 2.24) is 34.5 Å². The lowest BCUT2D eigenvalue weighted by atomic mass is 9.88. The predicted molar refractivity (Wildman–Crippen MR) is 230 cm³/mol. The van der Waals surface area contributed by atoms with E-state index in [1.165, 1.54) is 10.1 Å². The second kappa shape index (κ2) is 15.4. The number of aromatic nitrogens is 5. The van der Waals surface area contributed by atoms with Gasteiger partial charge in [-0.1, -0.05) is 17.7 Å². The molecule has 3 aromatic heterocycles.